The Labute approximate surface area is 326 Å². The van der Waals surface area contributed by atoms with Gasteiger partial charge in [0, 0.05) is 60.2 Å². The van der Waals surface area contributed by atoms with E-state index in [0.29, 0.717) is 23.7 Å². The van der Waals surface area contributed by atoms with Gasteiger partial charge in [-0.1, -0.05) is 118 Å². The van der Waals surface area contributed by atoms with E-state index in [1.54, 1.807) is 30.9 Å². The number of benzene rings is 1. The molecule has 0 bridgehead atoms. The molecule has 4 heterocycles. The smallest absolute Gasteiger partial charge is 0.193 e. The highest BCUT2D eigenvalue weighted by molar-refractivity contribution is 6.31. The summed E-state index contributed by atoms with van der Waals surface area (Å²) in [6.45, 7) is 34.8. The van der Waals surface area contributed by atoms with Crippen LogP contribution in [-0.4, -0.2) is 19.9 Å². The first kappa shape index (κ1) is 46.2. The van der Waals surface area contributed by atoms with E-state index < -0.39 is 0 Å². The molecule has 0 N–H and O–H groups in total. The highest BCUT2D eigenvalue weighted by Crippen LogP contribution is 2.26. The van der Waals surface area contributed by atoms with Gasteiger partial charge in [0.25, 0.3) is 0 Å². The molecule has 0 spiro atoms. The van der Waals surface area contributed by atoms with Crippen molar-refractivity contribution in [1.82, 2.24) is 19.9 Å². The number of terminal acetylenes is 1. The molecule has 0 saturated heterocycles. The van der Waals surface area contributed by atoms with Gasteiger partial charge in [-0.3, -0.25) is 19.9 Å². The van der Waals surface area contributed by atoms with Crippen LogP contribution in [0.5, 0.6) is 0 Å². The third-order valence-electron chi connectivity index (χ3n) is 8.27. The molecule has 0 aliphatic carbocycles. The quantitative estimate of drug-likeness (QED) is 0.136. The van der Waals surface area contributed by atoms with Gasteiger partial charge < -0.3 is 0 Å². The van der Waals surface area contributed by atoms with Gasteiger partial charge in [-0.05, 0) is 106 Å². The Hall–Kier alpha value is -4.84. The van der Waals surface area contributed by atoms with Gasteiger partial charge in [0.2, 0.25) is 0 Å². The largest absolute Gasteiger partial charge is 0.267 e. The van der Waals surface area contributed by atoms with E-state index in [1.165, 1.54) is 22.3 Å². The zero-order valence-electron chi connectivity index (χ0n) is 34.2. The number of aryl methyl sites for hydroxylation is 2. The molecule has 0 atom stereocenters. The molecule has 5 rings (SSSR count). The topological polar surface area (TPSA) is 55.9 Å². The van der Waals surface area contributed by atoms with Crippen molar-refractivity contribution in [2.75, 3.05) is 0 Å². The number of rotatable bonds is 4. The number of halogens is 1. The maximum absolute atomic E-state index is 6.88. The molecule has 53 heavy (non-hydrogen) atoms. The SMILES string of the molecule is C#Cc1ccncc1C(C)C.CC(C)c1cnccc1Cl.Cc1ccccc1C(C)(C)C.Cc1ccncc1C(C)C.[C-]#[N+]c1ccncc1C(C)C. The Bertz CT molecular complexity index is 1770. The van der Waals surface area contributed by atoms with Crippen molar-refractivity contribution < 1.29 is 0 Å². The van der Waals surface area contributed by atoms with Crippen LogP contribution in [0.25, 0.3) is 4.85 Å². The van der Waals surface area contributed by atoms with Crippen molar-refractivity contribution in [2.45, 2.75) is 119 Å². The molecule has 6 heteroatoms. The predicted molar refractivity (Wildman–Crippen MR) is 227 cm³/mol. The lowest BCUT2D eigenvalue weighted by Gasteiger charge is -2.21. The molecule has 4 aromatic heterocycles. The monoisotopic (exact) mass is 729 g/mol. The molecule has 0 amide bonds. The van der Waals surface area contributed by atoms with Gasteiger partial charge in [0.15, 0.2) is 5.69 Å². The second-order valence-corrected chi connectivity index (χ2v) is 15.4. The zero-order valence-corrected chi connectivity index (χ0v) is 35.0. The molecular formula is C47H60ClN5. The minimum absolute atomic E-state index is 0.283. The third kappa shape index (κ3) is 16.6. The van der Waals surface area contributed by atoms with Crippen LogP contribution >= 0.6 is 11.6 Å². The summed E-state index contributed by atoms with van der Waals surface area (Å²) in [5.74, 6) is 4.52. The van der Waals surface area contributed by atoms with Crippen LogP contribution in [0.1, 0.15) is 144 Å². The van der Waals surface area contributed by atoms with Crippen molar-refractivity contribution in [1.29, 1.82) is 0 Å². The fourth-order valence-electron chi connectivity index (χ4n) is 5.25. The van der Waals surface area contributed by atoms with Crippen LogP contribution in [-0.2, 0) is 5.41 Å². The number of aromatic nitrogens is 4. The molecule has 0 radical (unpaired) electrons. The summed E-state index contributed by atoms with van der Waals surface area (Å²) in [6.07, 6.45) is 19.6. The van der Waals surface area contributed by atoms with Gasteiger partial charge in [0.1, 0.15) is 0 Å². The molecule has 0 aliphatic heterocycles. The molecule has 0 aliphatic rings. The van der Waals surface area contributed by atoms with Crippen LogP contribution in [0.2, 0.25) is 5.02 Å². The fourth-order valence-corrected chi connectivity index (χ4v) is 5.58. The lowest BCUT2D eigenvalue weighted by Crippen LogP contribution is -2.12. The van der Waals surface area contributed by atoms with E-state index in [0.717, 1.165) is 33.0 Å². The Morgan fingerprint density at radius 1 is 0.604 bits per heavy atom. The second kappa shape index (κ2) is 23.7. The number of pyridine rings is 4. The van der Waals surface area contributed by atoms with Gasteiger partial charge in [0.05, 0.1) is 6.57 Å². The Kier molecular flexibility index (Phi) is 20.6. The van der Waals surface area contributed by atoms with Crippen LogP contribution in [0.15, 0.2) is 98.1 Å². The van der Waals surface area contributed by atoms with Crippen LogP contribution < -0.4 is 0 Å². The molecule has 0 unspecified atom stereocenters. The summed E-state index contributed by atoms with van der Waals surface area (Å²) in [6, 6.07) is 16.1. The van der Waals surface area contributed by atoms with Gasteiger partial charge in [-0.15, -0.1) is 6.42 Å². The average molecular weight is 730 g/mol. The molecule has 5 aromatic rings. The van der Waals surface area contributed by atoms with Crippen LogP contribution in [0, 0.1) is 32.8 Å². The number of hydrogen-bond acceptors (Lipinski definition) is 4. The van der Waals surface area contributed by atoms with Crippen LogP contribution in [0.4, 0.5) is 5.69 Å². The third-order valence-corrected chi connectivity index (χ3v) is 8.62. The molecule has 5 nitrogen and oxygen atoms in total. The fraction of sp³-hybridized carbons (Fsp3) is 0.383. The summed E-state index contributed by atoms with van der Waals surface area (Å²) >= 11 is 5.88. The van der Waals surface area contributed by atoms with Gasteiger partial charge in [-0.2, -0.15) is 0 Å². The van der Waals surface area contributed by atoms with Crippen molar-refractivity contribution in [3.05, 3.63) is 159 Å². The van der Waals surface area contributed by atoms with E-state index in [9.17, 15) is 0 Å². The lowest BCUT2D eigenvalue weighted by atomic mass is 9.84. The molecule has 0 saturated carbocycles. The van der Waals surface area contributed by atoms with Gasteiger partial charge in [-0.25, -0.2) is 4.85 Å². The van der Waals surface area contributed by atoms with E-state index in [1.807, 2.05) is 36.9 Å². The maximum Gasteiger partial charge on any atom is 0.193 e. The lowest BCUT2D eigenvalue weighted by molar-refractivity contribution is 0.586. The average Bonchev–Trinajstić information content (AvgIpc) is 3.12. The summed E-state index contributed by atoms with van der Waals surface area (Å²) in [5.41, 5.74) is 10.8. The highest BCUT2D eigenvalue weighted by Gasteiger charge is 2.14. The van der Waals surface area contributed by atoms with E-state index in [2.05, 4.69) is 151 Å². The Balaban J connectivity index is 0.000000331. The molecule has 0 fully saturated rings. The zero-order chi connectivity index (χ0) is 40.1. The normalized spacial score (nSPS) is 10.3. The summed E-state index contributed by atoms with van der Waals surface area (Å²) in [5, 5.41) is 0.810. The maximum atomic E-state index is 6.88. The minimum atomic E-state index is 0.283. The van der Waals surface area contributed by atoms with E-state index in [-0.39, 0.29) is 5.41 Å². The first-order chi connectivity index (χ1) is 25.0. The molecular weight excluding hydrogens is 670 g/mol. The highest BCUT2D eigenvalue weighted by atomic mass is 35.5. The predicted octanol–water partition coefficient (Wildman–Crippen LogP) is 13.6. The number of hydrogen-bond donors (Lipinski definition) is 0. The van der Waals surface area contributed by atoms with Crippen molar-refractivity contribution >= 4 is 17.3 Å². The second-order valence-electron chi connectivity index (χ2n) is 15.0. The first-order valence-electron chi connectivity index (χ1n) is 18.2. The van der Waals surface area contributed by atoms with Crippen molar-refractivity contribution in [3.63, 3.8) is 0 Å². The molecule has 280 valence electrons. The Morgan fingerprint density at radius 3 is 1.42 bits per heavy atom. The number of nitrogens with zero attached hydrogens (tertiary/aromatic N) is 5. The van der Waals surface area contributed by atoms with E-state index >= 15 is 0 Å². The van der Waals surface area contributed by atoms with Gasteiger partial charge >= 0.3 is 0 Å². The van der Waals surface area contributed by atoms with Crippen molar-refractivity contribution in [3.8, 4) is 12.3 Å². The van der Waals surface area contributed by atoms with E-state index in [4.69, 9.17) is 24.6 Å². The Morgan fingerprint density at radius 2 is 1.06 bits per heavy atom. The first-order valence-corrected chi connectivity index (χ1v) is 18.6. The summed E-state index contributed by atoms with van der Waals surface area (Å²) in [4.78, 5) is 19.4. The summed E-state index contributed by atoms with van der Waals surface area (Å²) < 4.78 is 0. The van der Waals surface area contributed by atoms with Crippen molar-refractivity contribution in [2.24, 2.45) is 0 Å². The summed E-state index contributed by atoms with van der Waals surface area (Å²) in [7, 11) is 0. The van der Waals surface area contributed by atoms with Crippen LogP contribution in [0.3, 0.4) is 0 Å². The standard InChI is InChI=1S/C11H16.C10H11N.C9H10N2.C9H13N.C8H10ClN/c1-9-7-5-6-8-10(9)11(2,3)4;1-4-9-5-6-11-7-10(9)8(2)3;1-7(2)8-6-11-5-4-9(8)10-3;1-7(2)9-6-10-5-4-8(9)3;1-6(2)7-5-10-4-3-8(7)9/h5-8H,1-4H3;1,5-8H,2-3H3;4-7H,1-2H3;4-7H,1-3H3;3-6H,1-2H3. The molecule has 1 aromatic carbocycles. The minimum Gasteiger partial charge on any atom is -0.267 e.